The van der Waals surface area contributed by atoms with Crippen LogP contribution in [0.1, 0.15) is 18.3 Å². The summed E-state index contributed by atoms with van der Waals surface area (Å²) in [5.41, 5.74) is 1.89. The normalized spacial score (nSPS) is 15.7. The van der Waals surface area contributed by atoms with Gasteiger partial charge in [-0.25, -0.2) is 19.0 Å². The second-order valence-corrected chi connectivity index (χ2v) is 6.53. The van der Waals surface area contributed by atoms with Gasteiger partial charge in [-0.3, -0.25) is 0 Å². The van der Waals surface area contributed by atoms with Gasteiger partial charge < -0.3 is 9.80 Å². The van der Waals surface area contributed by atoms with E-state index in [1.54, 1.807) is 16.8 Å². The highest BCUT2D eigenvalue weighted by Gasteiger charge is 2.22. The Morgan fingerprint density at radius 2 is 1.85 bits per heavy atom. The monoisotopic (exact) mass is 355 g/mol. The maximum absolute atomic E-state index is 14.0. The second-order valence-electron chi connectivity index (χ2n) is 6.53. The molecule has 8 heteroatoms. The van der Waals surface area contributed by atoms with Crippen LogP contribution in [0.4, 0.5) is 10.2 Å². The first-order valence-corrected chi connectivity index (χ1v) is 8.94. The Bertz CT molecular complexity index is 915. The van der Waals surface area contributed by atoms with E-state index in [0.717, 1.165) is 38.5 Å². The lowest BCUT2D eigenvalue weighted by molar-refractivity contribution is 0.270. The Labute approximate surface area is 151 Å². The van der Waals surface area contributed by atoms with E-state index < -0.39 is 0 Å². The molecule has 4 rings (SSSR count). The molecule has 1 fully saturated rings. The summed E-state index contributed by atoms with van der Waals surface area (Å²) in [4.78, 5) is 13.8. The molecular formula is C18H22FN7. The summed E-state index contributed by atoms with van der Waals surface area (Å²) in [5.74, 6) is 1.24. The lowest BCUT2D eigenvalue weighted by Crippen LogP contribution is -2.46. The number of fused-ring (bicyclic) bond motifs is 1. The highest BCUT2D eigenvalue weighted by atomic mass is 19.1. The van der Waals surface area contributed by atoms with Gasteiger partial charge in [-0.15, -0.1) is 5.10 Å². The van der Waals surface area contributed by atoms with E-state index >= 15 is 0 Å². The molecule has 0 saturated carbocycles. The molecule has 0 spiro atoms. The van der Waals surface area contributed by atoms with E-state index in [1.807, 2.05) is 13.0 Å². The Balaban J connectivity index is 1.68. The van der Waals surface area contributed by atoms with E-state index in [2.05, 4.69) is 37.0 Å². The predicted octanol–water partition coefficient (Wildman–Crippen LogP) is 1.86. The zero-order valence-corrected chi connectivity index (χ0v) is 15.1. The first-order valence-electron chi connectivity index (χ1n) is 8.94. The minimum Gasteiger partial charge on any atom is -0.352 e. The molecule has 136 valence electrons. The van der Waals surface area contributed by atoms with Gasteiger partial charge in [0.05, 0.1) is 6.54 Å². The summed E-state index contributed by atoms with van der Waals surface area (Å²) < 4.78 is 15.6. The SMILES string of the molecule is CCN1CCN(c2nc(C)nc3c2nnn3Cc2ccccc2F)CC1. The fraction of sp³-hybridized carbons (Fsp3) is 0.444. The summed E-state index contributed by atoms with van der Waals surface area (Å²) in [6, 6.07) is 6.70. The fourth-order valence-corrected chi connectivity index (χ4v) is 3.34. The first kappa shape index (κ1) is 16.8. The average molecular weight is 355 g/mol. The molecule has 1 aromatic carbocycles. The fourth-order valence-electron chi connectivity index (χ4n) is 3.34. The van der Waals surface area contributed by atoms with Gasteiger partial charge in [-0.1, -0.05) is 30.3 Å². The maximum atomic E-state index is 14.0. The third kappa shape index (κ3) is 3.12. The van der Waals surface area contributed by atoms with Gasteiger partial charge in [0.1, 0.15) is 11.6 Å². The molecule has 7 nitrogen and oxygen atoms in total. The van der Waals surface area contributed by atoms with Crippen molar-refractivity contribution in [2.75, 3.05) is 37.6 Å². The third-order valence-corrected chi connectivity index (χ3v) is 4.85. The van der Waals surface area contributed by atoms with Gasteiger partial charge in [0.15, 0.2) is 17.0 Å². The Morgan fingerprint density at radius 1 is 1.08 bits per heavy atom. The number of halogens is 1. The van der Waals surface area contributed by atoms with Crippen molar-refractivity contribution in [1.82, 2.24) is 29.9 Å². The molecule has 0 bridgehead atoms. The molecule has 3 heterocycles. The molecule has 1 aliphatic heterocycles. The quantitative estimate of drug-likeness (QED) is 0.712. The zero-order chi connectivity index (χ0) is 18.1. The number of benzene rings is 1. The van der Waals surface area contributed by atoms with E-state index in [1.165, 1.54) is 6.07 Å². The number of nitrogens with zero attached hydrogens (tertiary/aromatic N) is 7. The molecule has 26 heavy (non-hydrogen) atoms. The standard InChI is InChI=1S/C18H22FN7/c1-3-24-8-10-25(11-9-24)17-16-18(21-13(2)20-17)26(23-22-16)12-14-6-4-5-7-15(14)19/h4-7H,3,8-12H2,1-2H3. The van der Waals surface area contributed by atoms with Crippen molar-refractivity contribution in [3.63, 3.8) is 0 Å². The summed E-state index contributed by atoms with van der Waals surface area (Å²) in [5, 5.41) is 8.53. The maximum Gasteiger partial charge on any atom is 0.184 e. The van der Waals surface area contributed by atoms with Crippen molar-refractivity contribution < 1.29 is 4.39 Å². The molecule has 1 saturated heterocycles. The minimum atomic E-state index is -0.252. The summed E-state index contributed by atoms with van der Waals surface area (Å²) >= 11 is 0. The molecule has 3 aromatic rings. The summed E-state index contributed by atoms with van der Waals surface area (Å²) in [6.07, 6.45) is 0. The molecule has 1 aliphatic rings. The van der Waals surface area contributed by atoms with E-state index in [0.29, 0.717) is 29.1 Å². The van der Waals surface area contributed by atoms with Gasteiger partial charge >= 0.3 is 0 Å². The topological polar surface area (TPSA) is 63.0 Å². The highest BCUT2D eigenvalue weighted by molar-refractivity contribution is 5.83. The Hall–Kier alpha value is -2.61. The number of anilines is 1. The number of hydrogen-bond donors (Lipinski definition) is 0. The lowest BCUT2D eigenvalue weighted by atomic mass is 10.2. The van der Waals surface area contributed by atoms with Crippen LogP contribution >= 0.6 is 0 Å². The molecule has 0 radical (unpaired) electrons. The molecule has 0 N–H and O–H groups in total. The number of rotatable bonds is 4. The van der Waals surface area contributed by atoms with Gasteiger partial charge in [-0.05, 0) is 19.5 Å². The predicted molar refractivity (Wildman–Crippen MR) is 97.7 cm³/mol. The van der Waals surface area contributed by atoms with Crippen LogP contribution in [0.15, 0.2) is 24.3 Å². The van der Waals surface area contributed by atoms with Gasteiger partial charge in [0.25, 0.3) is 0 Å². The molecular weight excluding hydrogens is 333 g/mol. The smallest absolute Gasteiger partial charge is 0.184 e. The number of aryl methyl sites for hydroxylation is 1. The molecule has 0 unspecified atom stereocenters. The number of aromatic nitrogens is 5. The third-order valence-electron chi connectivity index (χ3n) is 4.85. The second kappa shape index (κ2) is 6.95. The molecule has 0 aliphatic carbocycles. The van der Waals surface area contributed by atoms with E-state index in [-0.39, 0.29) is 5.82 Å². The number of piperazine rings is 1. The zero-order valence-electron chi connectivity index (χ0n) is 15.1. The summed E-state index contributed by atoms with van der Waals surface area (Å²) in [7, 11) is 0. The van der Waals surface area contributed by atoms with Gasteiger partial charge in [0, 0.05) is 31.7 Å². The minimum absolute atomic E-state index is 0.252. The van der Waals surface area contributed by atoms with Crippen molar-refractivity contribution >= 4 is 17.0 Å². The summed E-state index contributed by atoms with van der Waals surface area (Å²) in [6.45, 7) is 9.21. The number of hydrogen-bond acceptors (Lipinski definition) is 6. The van der Waals surface area contributed by atoms with Crippen LogP contribution in [0.5, 0.6) is 0 Å². The highest BCUT2D eigenvalue weighted by Crippen LogP contribution is 2.23. The van der Waals surface area contributed by atoms with Crippen LogP contribution in [-0.2, 0) is 6.54 Å². The van der Waals surface area contributed by atoms with Crippen LogP contribution < -0.4 is 4.90 Å². The van der Waals surface area contributed by atoms with Crippen molar-refractivity contribution in [2.24, 2.45) is 0 Å². The van der Waals surface area contributed by atoms with Crippen molar-refractivity contribution in [3.05, 3.63) is 41.5 Å². The van der Waals surface area contributed by atoms with Crippen molar-refractivity contribution in [1.29, 1.82) is 0 Å². The molecule has 0 amide bonds. The van der Waals surface area contributed by atoms with Crippen molar-refractivity contribution in [3.8, 4) is 0 Å². The molecule has 0 atom stereocenters. The number of likely N-dealkylation sites (N-methyl/N-ethyl adjacent to an activating group) is 1. The van der Waals surface area contributed by atoms with Crippen LogP contribution in [0.2, 0.25) is 0 Å². The van der Waals surface area contributed by atoms with Crippen molar-refractivity contribution in [2.45, 2.75) is 20.4 Å². The van der Waals surface area contributed by atoms with Gasteiger partial charge in [-0.2, -0.15) is 0 Å². The van der Waals surface area contributed by atoms with Gasteiger partial charge in [0.2, 0.25) is 0 Å². The van der Waals surface area contributed by atoms with E-state index in [9.17, 15) is 4.39 Å². The average Bonchev–Trinajstić information content (AvgIpc) is 3.05. The molecule has 2 aromatic heterocycles. The van der Waals surface area contributed by atoms with Crippen LogP contribution in [0.3, 0.4) is 0 Å². The Kier molecular flexibility index (Phi) is 4.50. The Morgan fingerprint density at radius 3 is 2.58 bits per heavy atom. The van der Waals surface area contributed by atoms with E-state index in [4.69, 9.17) is 0 Å². The van der Waals surface area contributed by atoms with Crippen LogP contribution in [0.25, 0.3) is 11.2 Å². The van der Waals surface area contributed by atoms with Crippen LogP contribution in [0, 0.1) is 12.7 Å². The lowest BCUT2D eigenvalue weighted by Gasteiger charge is -2.34. The first-order chi connectivity index (χ1) is 12.7. The largest absolute Gasteiger partial charge is 0.352 e. The van der Waals surface area contributed by atoms with Crippen LogP contribution in [-0.4, -0.2) is 62.6 Å².